The van der Waals surface area contributed by atoms with Gasteiger partial charge < -0.3 is 4.90 Å². The average molecular weight is 671 g/mol. The Balaban J connectivity index is 0.921. The van der Waals surface area contributed by atoms with E-state index in [9.17, 15) is 0 Å². The molecule has 268 valence electrons. The largest absolute Gasteiger partial charge is 0.364 e. The Labute approximate surface area is 305 Å². The number of nitrogens with zero attached hydrogens (tertiary/aromatic N) is 2. The molecule has 2 heteroatoms. The maximum Gasteiger partial charge on any atom is 0.0515 e. The highest BCUT2D eigenvalue weighted by Crippen LogP contribution is 2.55. The first-order chi connectivity index (χ1) is 24.8. The summed E-state index contributed by atoms with van der Waals surface area (Å²) in [5, 5.41) is 0. The average Bonchev–Trinajstić information content (AvgIpc) is 3.71. The van der Waals surface area contributed by atoms with Crippen LogP contribution in [-0.2, 0) is 0 Å². The number of allylic oxidation sites excluding steroid dienone is 10. The number of likely N-dealkylation sites (tertiary alicyclic amines) is 2. The molecule has 0 N–H and O–H groups in total. The van der Waals surface area contributed by atoms with Gasteiger partial charge in [-0.15, -0.1) is 0 Å². The van der Waals surface area contributed by atoms with E-state index in [0.717, 1.165) is 65.6 Å². The van der Waals surface area contributed by atoms with Gasteiger partial charge in [0.05, 0.1) is 6.04 Å². The molecular weight excluding hydrogens is 605 g/mol. The van der Waals surface area contributed by atoms with Crippen molar-refractivity contribution in [3.8, 4) is 0 Å². The molecule has 0 aromatic heterocycles. The van der Waals surface area contributed by atoms with Gasteiger partial charge in [0.25, 0.3) is 0 Å². The molecule has 4 fully saturated rings. The lowest BCUT2D eigenvalue weighted by Crippen LogP contribution is -2.51. The lowest BCUT2D eigenvalue weighted by atomic mass is 9.65. The van der Waals surface area contributed by atoms with Gasteiger partial charge in [-0.2, -0.15) is 0 Å². The van der Waals surface area contributed by atoms with Gasteiger partial charge in [0, 0.05) is 47.6 Å². The van der Waals surface area contributed by atoms with Gasteiger partial charge in [0.15, 0.2) is 0 Å². The fraction of sp³-hybridized carbons (Fsp3) is 0.708. The third kappa shape index (κ3) is 5.85. The Morgan fingerprint density at radius 2 is 1.44 bits per heavy atom. The molecule has 2 heterocycles. The molecule has 2 aliphatic heterocycles. The normalized spacial score (nSPS) is 44.6. The quantitative estimate of drug-likeness (QED) is 0.269. The van der Waals surface area contributed by atoms with Crippen LogP contribution in [0.25, 0.3) is 0 Å². The van der Waals surface area contributed by atoms with Crippen LogP contribution in [0.5, 0.6) is 0 Å². The Morgan fingerprint density at radius 3 is 2.30 bits per heavy atom. The van der Waals surface area contributed by atoms with E-state index in [1.165, 1.54) is 135 Å². The number of rotatable bonds is 5. The van der Waals surface area contributed by atoms with Gasteiger partial charge >= 0.3 is 0 Å². The second-order valence-corrected chi connectivity index (χ2v) is 18.8. The maximum absolute atomic E-state index is 3.26. The smallest absolute Gasteiger partial charge is 0.0515 e. The first-order valence-electron chi connectivity index (χ1n) is 22.1. The minimum absolute atomic E-state index is 0.649. The van der Waals surface area contributed by atoms with Gasteiger partial charge in [-0.25, -0.2) is 0 Å². The van der Waals surface area contributed by atoms with Crippen LogP contribution in [0.1, 0.15) is 135 Å². The summed E-state index contributed by atoms with van der Waals surface area (Å²) in [6, 6.07) is 3.72. The van der Waals surface area contributed by atoms with Crippen molar-refractivity contribution in [1.82, 2.24) is 9.80 Å². The summed E-state index contributed by atoms with van der Waals surface area (Å²) in [5.41, 5.74) is 5.38. The van der Waals surface area contributed by atoms with Crippen LogP contribution in [0.15, 0.2) is 83.7 Å². The van der Waals surface area contributed by atoms with Gasteiger partial charge in [0.2, 0.25) is 0 Å². The van der Waals surface area contributed by atoms with Crippen molar-refractivity contribution < 1.29 is 0 Å². The number of fused-ring (bicyclic) bond motifs is 6. The first kappa shape index (κ1) is 32.6. The molecule has 0 bridgehead atoms. The topological polar surface area (TPSA) is 6.48 Å². The Morgan fingerprint density at radius 1 is 0.580 bits per heavy atom. The highest BCUT2D eigenvalue weighted by atomic mass is 15.3. The summed E-state index contributed by atoms with van der Waals surface area (Å²) in [6.07, 6.45) is 57.9. The Bertz CT molecular complexity index is 1460. The van der Waals surface area contributed by atoms with Gasteiger partial charge in [-0.3, -0.25) is 4.90 Å². The molecule has 2 saturated heterocycles. The molecule has 2 nitrogen and oxygen atoms in total. The minimum Gasteiger partial charge on any atom is -0.364 e. The standard InChI is InChI=1S/C48H66N2/c1-4-14-33(15-5-1)37-28-38(34-16-6-2-7-17-34)30-40(29-37)50-46-23-13-11-21-42(46)44-31-35(25-27-47(44)50)36-24-26-43-41-20-10-12-22-45(41)49(48(43)32-36)39-18-8-3-9-19-39/h1,4-5,10-11,14,18,20-21,26,31,33-34,36-38,40-42,44-48H,2-3,6-9,12-13,15-17,19,22-25,27-30,32H2. The van der Waals surface area contributed by atoms with Crippen molar-refractivity contribution >= 4 is 0 Å². The van der Waals surface area contributed by atoms with Crippen LogP contribution in [0.2, 0.25) is 0 Å². The van der Waals surface area contributed by atoms with Crippen LogP contribution in [0.4, 0.5) is 0 Å². The van der Waals surface area contributed by atoms with Crippen LogP contribution < -0.4 is 0 Å². The molecule has 12 unspecified atom stereocenters. The maximum atomic E-state index is 3.26. The third-order valence-corrected chi connectivity index (χ3v) is 16.5. The van der Waals surface area contributed by atoms with E-state index in [2.05, 4.69) is 76.6 Å². The van der Waals surface area contributed by atoms with Crippen molar-refractivity contribution in [2.75, 3.05) is 0 Å². The van der Waals surface area contributed by atoms with E-state index in [1.54, 1.807) is 11.3 Å². The molecule has 0 spiro atoms. The molecule has 50 heavy (non-hydrogen) atoms. The fourth-order valence-corrected chi connectivity index (χ4v) is 14.3. The summed E-state index contributed by atoms with van der Waals surface area (Å²) in [7, 11) is 0. The van der Waals surface area contributed by atoms with Crippen molar-refractivity contribution in [2.24, 2.45) is 47.3 Å². The van der Waals surface area contributed by atoms with E-state index in [4.69, 9.17) is 0 Å². The lowest BCUT2D eigenvalue weighted by Gasteiger charge is -2.49. The van der Waals surface area contributed by atoms with Crippen molar-refractivity contribution in [3.05, 3.63) is 83.7 Å². The summed E-state index contributed by atoms with van der Waals surface area (Å²) >= 11 is 0. The predicted octanol–water partition coefficient (Wildman–Crippen LogP) is 11.7. The monoisotopic (exact) mass is 671 g/mol. The third-order valence-electron chi connectivity index (χ3n) is 16.5. The zero-order valence-corrected chi connectivity index (χ0v) is 31.1. The summed E-state index contributed by atoms with van der Waals surface area (Å²) < 4.78 is 0. The summed E-state index contributed by atoms with van der Waals surface area (Å²) in [4.78, 5) is 6.27. The zero-order valence-electron chi connectivity index (χ0n) is 31.1. The molecule has 0 aromatic rings. The van der Waals surface area contributed by atoms with Crippen LogP contribution in [-0.4, -0.2) is 40.0 Å². The molecule has 2 saturated carbocycles. The van der Waals surface area contributed by atoms with Crippen LogP contribution >= 0.6 is 0 Å². The molecular formula is C48H66N2. The van der Waals surface area contributed by atoms with E-state index < -0.39 is 0 Å². The van der Waals surface area contributed by atoms with Crippen LogP contribution in [0, 0.1) is 47.3 Å². The SMILES string of the molecule is C1=CCC(C2CC(C3CCCCC3)CC(N3C4CCC=CC4C4C=C(C5CC=C6C7C=CCCC7N(C7=CCCCC7)C6C5)CCC43)C2)C=C1. The molecule has 0 radical (unpaired) electrons. The zero-order chi connectivity index (χ0) is 33.0. The first-order valence-corrected chi connectivity index (χ1v) is 22.1. The van der Waals surface area contributed by atoms with Gasteiger partial charge in [-0.1, -0.05) is 105 Å². The number of hydrogen-bond acceptors (Lipinski definition) is 2. The van der Waals surface area contributed by atoms with Gasteiger partial charge in [0.1, 0.15) is 0 Å². The Kier molecular flexibility index (Phi) is 9.16. The molecule has 0 amide bonds. The van der Waals surface area contributed by atoms with E-state index in [1.807, 2.05) is 5.57 Å². The second kappa shape index (κ2) is 14.1. The van der Waals surface area contributed by atoms with Crippen LogP contribution in [0.3, 0.4) is 0 Å². The summed E-state index contributed by atoms with van der Waals surface area (Å²) in [5.74, 6) is 6.52. The van der Waals surface area contributed by atoms with Gasteiger partial charge in [-0.05, 0) is 138 Å². The molecule has 10 rings (SSSR count). The van der Waals surface area contributed by atoms with E-state index in [0.29, 0.717) is 12.0 Å². The van der Waals surface area contributed by atoms with E-state index >= 15 is 0 Å². The molecule has 10 aliphatic rings. The fourth-order valence-electron chi connectivity index (χ4n) is 14.3. The second-order valence-electron chi connectivity index (χ2n) is 18.8. The highest BCUT2D eigenvalue weighted by Gasteiger charge is 2.53. The van der Waals surface area contributed by atoms with Crippen molar-refractivity contribution in [1.29, 1.82) is 0 Å². The summed E-state index contributed by atoms with van der Waals surface area (Å²) in [6.45, 7) is 0. The highest BCUT2D eigenvalue weighted by molar-refractivity contribution is 5.37. The minimum atomic E-state index is 0.649. The molecule has 12 atom stereocenters. The molecule has 0 aromatic carbocycles. The van der Waals surface area contributed by atoms with E-state index in [-0.39, 0.29) is 0 Å². The van der Waals surface area contributed by atoms with Crippen molar-refractivity contribution in [3.63, 3.8) is 0 Å². The lowest BCUT2D eigenvalue weighted by molar-refractivity contribution is 0.0176. The molecule has 8 aliphatic carbocycles. The van der Waals surface area contributed by atoms with Crippen molar-refractivity contribution in [2.45, 2.75) is 165 Å². The number of hydrogen-bond donors (Lipinski definition) is 0. The Hall–Kier alpha value is -2.06. The predicted molar refractivity (Wildman–Crippen MR) is 208 cm³/mol.